The van der Waals surface area contributed by atoms with Crippen molar-refractivity contribution in [3.63, 3.8) is 0 Å². The second-order valence-electron chi connectivity index (χ2n) is 7.34. The zero-order valence-electron chi connectivity index (χ0n) is 17.4. The first-order valence-electron chi connectivity index (χ1n) is 10.1. The summed E-state index contributed by atoms with van der Waals surface area (Å²) in [5.41, 5.74) is 8.03. The molecule has 0 bridgehead atoms. The van der Waals surface area contributed by atoms with Gasteiger partial charge in [0.1, 0.15) is 12.6 Å². The van der Waals surface area contributed by atoms with Gasteiger partial charge in [-0.3, -0.25) is 14.6 Å². The lowest BCUT2D eigenvalue weighted by Gasteiger charge is -2.19. The molecule has 0 fully saturated rings. The topological polar surface area (TPSA) is 127 Å². The fourth-order valence-electron chi connectivity index (χ4n) is 3.78. The van der Waals surface area contributed by atoms with E-state index in [2.05, 4.69) is 15.1 Å². The van der Waals surface area contributed by atoms with Crippen LogP contribution in [0.4, 0.5) is 4.79 Å². The first kappa shape index (κ1) is 22.4. The van der Waals surface area contributed by atoms with E-state index in [0.29, 0.717) is 0 Å². The highest BCUT2D eigenvalue weighted by Gasteiger charge is 2.30. The van der Waals surface area contributed by atoms with Crippen LogP contribution >= 0.6 is 11.3 Å². The number of carbonyl (C=O) groups is 3. The number of carboxylic acid groups (broad SMARTS) is 1. The van der Waals surface area contributed by atoms with Crippen LogP contribution in [0.3, 0.4) is 0 Å². The Bertz CT molecular complexity index is 1110. The Labute approximate surface area is 193 Å². The maximum atomic E-state index is 12.6. The number of hydrogen-bond acceptors (Lipinski definition) is 7. The number of carbonyl (C=O) groups excluding carboxylic acids is 2. The summed E-state index contributed by atoms with van der Waals surface area (Å²) >= 11 is 1.32. The molecule has 10 heteroatoms. The molecule has 2 amide bonds. The highest BCUT2D eigenvalue weighted by molar-refractivity contribution is 7.09. The average molecular weight is 468 g/mol. The molecule has 1 heterocycles. The van der Waals surface area contributed by atoms with Crippen LogP contribution in [0.1, 0.15) is 21.9 Å². The minimum Gasteiger partial charge on any atom is -0.479 e. The number of nitrogens with zero attached hydrogens (tertiary/aromatic N) is 1. The predicted octanol–water partition coefficient (Wildman–Crippen LogP) is 2.73. The van der Waals surface area contributed by atoms with Gasteiger partial charge in [0.05, 0.1) is 5.51 Å². The van der Waals surface area contributed by atoms with Gasteiger partial charge in [-0.05, 0) is 22.3 Å². The Hall–Kier alpha value is -3.76. The molecule has 3 N–H and O–H groups in total. The lowest BCUT2D eigenvalue weighted by atomic mass is 9.98. The fourth-order valence-corrected chi connectivity index (χ4v) is 4.42. The zero-order chi connectivity index (χ0) is 23.2. The van der Waals surface area contributed by atoms with E-state index in [1.165, 1.54) is 11.3 Å². The maximum Gasteiger partial charge on any atom is 0.407 e. The van der Waals surface area contributed by atoms with Gasteiger partial charge in [0, 0.05) is 23.4 Å². The SMILES string of the molecule is O=C(O)CONC(=O)C(Cc1cncs1)NC(=O)OCC1c2ccccc2-c2ccccc21. The number of amides is 2. The number of nitrogens with one attached hydrogen (secondary N) is 2. The van der Waals surface area contributed by atoms with Crippen molar-refractivity contribution in [2.75, 3.05) is 13.2 Å². The summed E-state index contributed by atoms with van der Waals surface area (Å²) in [5.74, 6) is -2.05. The third-order valence-corrected chi connectivity index (χ3v) is 6.01. The van der Waals surface area contributed by atoms with Crippen LogP contribution in [0.25, 0.3) is 11.1 Å². The number of hydroxylamine groups is 1. The number of rotatable bonds is 9. The largest absolute Gasteiger partial charge is 0.479 e. The van der Waals surface area contributed by atoms with Crippen molar-refractivity contribution >= 4 is 29.3 Å². The third kappa shape index (κ3) is 5.36. The van der Waals surface area contributed by atoms with Gasteiger partial charge >= 0.3 is 12.1 Å². The van der Waals surface area contributed by atoms with Gasteiger partial charge in [-0.1, -0.05) is 48.5 Å². The monoisotopic (exact) mass is 467 g/mol. The van der Waals surface area contributed by atoms with Crippen LogP contribution in [0.5, 0.6) is 0 Å². The van der Waals surface area contributed by atoms with Crippen LogP contribution in [0.2, 0.25) is 0 Å². The van der Waals surface area contributed by atoms with Crippen LogP contribution in [0, 0.1) is 0 Å². The number of carboxylic acids is 1. The van der Waals surface area contributed by atoms with Crippen molar-refractivity contribution in [1.29, 1.82) is 0 Å². The highest BCUT2D eigenvalue weighted by atomic mass is 32.1. The predicted molar refractivity (Wildman–Crippen MR) is 120 cm³/mol. The van der Waals surface area contributed by atoms with E-state index < -0.39 is 30.6 Å². The molecule has 0 saturated carbocycles. The fraction of sp³-hybridized carbons (Fsp3) is 0.217. The molecule has 33 heavy (non-hydrogen) atoms. The second-order valence-corrected chi connectivity index (χ2v) is 8.31. The van der Waals surface area contributed by atoms with E-state index >= 15 is 0 Å². The Balaban J connectivity index is 1.41. The van der Waals surface area contributed by atoms with E-state index in [-0.39, 0.29) is 18.9 Å². The molecule has 0 saturated heterocycles. The van der Waals surface area contributed by atoms with Crippen LogP contribution in [-0.2, 0) is 25.6 Å². The van der Waals surface area contributed by atoms with Gasteiger partial charge in [-0.2, -0.15) is 0 Å². The lowest BCUT2D eigenvalue weighted by molar-refractivity contribution is -0.150. The van der Waals surface area contributed by atoms with Crippen molar-refractivity contribution in [1.82, 2.24) is 15.8 Å². The summed E-state index contributed by atoms with van der Waals surface area (Å²) in [4.78, 5) is 45.0. The summed E-state index contributed by atoms with van der Waals surface area (Å²) in [5, 5.41) is 11.2. The summed E-state index contributed by atoms with van der Waals surface area (Å²) in [7, 11) is 0. The Morgan fingerprint density at radius 1 is 1.06 bits per heavy atom. The standard InChI is InChI=1S/C23H21N3O6S/c27-21(28)12-32-26-22(29)20(9-14-10-24-13-33-14)25-23(30)31-11-19-17-7-3-1-5-15(17)16-6-2-4-8-18(16)19/h1-8,10,13,19-20H,9,11-12H2,(H,25,30)(H,26,29)(H,27,28). The van der Waals surface area contributed by atoms with Crippen molar-refractivity contribution in [3.8, 4) is 11.1 Å². The number of fused-ring (bicyclic) bond motifs is 3. The molecule has 1 atom stereocenters. The van der Waals surface area contributed by atoms with Gasteiger partial charge in [0.2, 0.25) is 0 Å². The Morgan fingerprint density at radius 2 is 1.73 bits per heavy atom. The first-order chi connectivity index (χ1) is 16.0. The zero-order valence-corrected chi connectivity index (χ0v) is 18.2. The molecule has 4 rings (SSSR count). The van der Waals surface area contributed by atoms with Gasteiger partial charge in [0.25, 0.3) is 5.91 Å². The van der Waals surface area contributed by atoms with E-state index in [9.17, 15) is 14.4 Å². The normalized spacial score (nSPS) is 13.0. The van der Waals surface area contributed by atoms with Gasteiger partial charge in [0.15, 0.2) is 6.61 Å². The molecule has 1 aromatic heterocycles. The van der Waals surface area contributed by atoms with Crippen LogP contribution in [0.15, 0.2) is 60.2 Å². The lowest BCUT2D eigenvalue weighted by Crippen LogP contribution is -2.48. The highest BCUT2D eigenvalue weighted by Crippen LogP contribution is 2.44. The molecule has 0 spiro atoms. The van der Waals surface area contributed by atoms with Crippen LogP contribution < -0.4 is 10.8 Å². The van der Waals surface area contributed by atoms with Gasteiger partial charge in [-0.15, -0.1) is 11.3 Å². The molecule has 2 aromatic carbocycles. The number of hydrogen-bond donors (Lipinski definition) is 3. The summed E-state index contributed by atoms with van der Waals surface area (Å²) in [6, 6.07) is 14.9. The van der Waals surface area contributed by atoms with Crippen molar-refractivity contribution in [2.45, 2.75) is 18.4 Å². The molecule has 170 valence electrons. The minimum absolute atomic E-state index is 0.101. The average Bonchev–Trinajstić information content (AvgIpc) is 3.43. The van der Waals surface area contributed by atoms with Crippen LogP contribution in [-0.4, -0.2) is 47.3 Å². The summed E-state index contributed by atoms with van der Waals surface area (Å²) in [6.07, 6.45) is 0.972. The van der Waals surface area contributed by atoms with E-state index in [1.807, 2.05) is 54.0 Å². The molecular weight excluding hydrogens is 446 g/mol. The third-order valence-electron chi connectivity index (χ3n) is 5.21. The molecule has 0 radical (unpaired) electrons. The second kappa shape index (κ2) is 10.2. The first-order valence-corrected chi connectivity index (χ1v) is 11.0. The number of alkyl carbamates (subject to hydrolysis) is 1. The van der Waals surface area contributed by atoms with E-state index in [0.717, 1.165) is 27.1 Å². The van der Waals surface area contributed by atoms with E-state index in [4.69, 9.17) is 9.84 Å². The molecule has 9 nitrogen and oxygen atoms in total. The Morgan fingerprint density at radius 3 is 2.33 bits per heavy atom. The summed E-state index contributed by atoms with van der Waals surface area (Å²) < 4.78 is 5.51. The number of benzene rings is 2. The van der Waals surface area contributed by atoms with Gasteiger partial charge < -0.3 is 15.2 Å². The molecule has 1 aliphatic rings. The smallest absolute Gasteiger partial charge is 0.407 e. The van der Waals surface area contributed by atoms with Gasteiger partial charge in [-0.25, -0.2) is 15.1 Å². The molecule has 3 aromatic rings. The van der Waals surface area contributed by atoms with E-state index in [1.54, 1.807) is 11.7 Å². The molecular formula is C23H21N3O6S. The molecule has 1 aliphatic carbocycles. The van der Waals surface area contributed by atoms with Crippen molar-refractivity contribution < 1.29 is 29.1 Å². The number of ether oxygens (including phenoxy) is 1. The molecule has 1 unspecified atom stereocenters. The van der Waals surface area contributed by atoms with Crippen molar-refractivity contribution in [2.24, 2.45) is 0 Å². The van der Waals surface area contributed by atoms with Crippen molar-refractivity contribution in [3.05, 3.63) is 76.2 Å². The maximum absolute atomic E-state index is 12.6. The summed E-state index contributed by atoms with van der Waals surface area (Å²) in [6.45, 7) is -0.603. The molecule has 0 aliphatic heterocycles. The quantitative estimate of drug-likeness (QED) is 0.413. The number of thiazole rings is 1. The number of aromatic nitrogens is 1. The number of aliphatic carboxylic acids is 1. The minimum atomic E-state index is -1.24. The Kier molecular flexibility index (Phi) is 6.96.